The Bertz CT molecular complexity index is 153. The number of hydrogen-bond donors (Lipinski definition) is 3. The van der Waals surface area contributed by atoms with Gasteiger partial charge in [0.2, 0.25) is 0 Å². The van der Waals surface area contributed by atoms with E-state index in [0.29, 0.717) is 6.42 Å². The summed E-state index contributed by atoms with van der Waals surface area (Å²) in [5.41, 5.74) is -0.667. The molecule has 0 aromatic rings. The van der Waals surface area contributed by atoms with Crippen LogP contribution in [0.2, 0.25) is 0 Å². The molecule has 0 aliphatic heterocycles. The molecule has 0 bridgehead atoms. The molecule has 21 heavy (non-hydrogen) atoms. The third kappa shape index (κ3) is 45.5. The highest BCUT2D eigenvalue weighted by Gasteiger charge is 2.24. The van der Waals surface area contributed by atoms with Crippen LogP contribution in [0, 0.1) is 5.41 Å². The molecule has 0 rings (SSSR count). The van der Waals surface area contributed by atoms with Crippen molar-refractivity contribution in [1.29, 1.82) is 0 Å². The number of rotatable bonds is 4. The molecule has 0 amide bonds. The Hall–Kier alpha value is -1.16. The van der Waals surface area contributed by atoms with Crippen LogP contribution in [0.1, 0.15) is 41.0 Å². The number of aliphatic hydroxyl groups is 3. The molecule has 0 saturated carbocycles. The third-order valence-electron chi connectivity index (χ3n) is 1.76. The van der Waals surface area contributed by atoms with E-state index < -0.39 is 5.41 Å². The van der Waals surface area contributed by atoms with Crippen molar-refractivity contribution in [3.63, 3.8) is 0 Å². The van der Waals surface area contributed by atoms with Crippen LogP contribution in [0.25, 0.3) is 0 Å². The van der Waals surface area contributed by atoms with Gasteiger partial charge in [-0.2, -0.15) is 0 Å². The maximum absolute atomic E-state index is 8.66. The van der Waals surface area contributed by atoms with Gasteiger partial charge in [-0.05, 0) is 34.1 Å². The molecule has 0 aromatic carbocycles. The van der Waals surface area contributed by atoms with Gasteiger partial charge in [0.15, 0.2) is 0 Å². The summed E-state index contributed by atoms with van der Waals surface area (Å²) in [6, 6.07) is 0. The predicted molar refractivity (Wildman–Crippen MR) is 97.5 cm³/mol. The lowest BCUT2D eigenvalue weighted by Gasteiger charge is -2.24. The summed E-state index contributed by atoms with van der Waals surface area (Å²) in [5.74, 6) is 0. The van der Waals surface area contributed by atoms with Gasteiger partial charge in [-0.15, -0.1) is 26.3 Å². The predicted octanol–water partition coefficient (Wildman–Crippen LogP) is 4.13. The standard InChI is InChI=1S/C6H14O3.4C3H6/c1-2-6(3-7,4-8)5-9;4*1-3-2/h7-9H,2-5H2,1H3;4*3H,1H2,2H3. The maximum atomic E-state index is 8.66. The topological polar surface area (TPSA) is 60.7 Å². The minimum absolute atomic E-state index is 0.156. The molecule has 3 heteroatoms. The second-order valence-electron chi connectivity index (χ2n) is 3.96. The van der Waals surface area contributed by atoms with Crippen molar-refractivity contribution in [3.05, 3.63) is 50.6 Å². The van der Waals surface area contributed by atoms with Crippen molar-refractivity contribution in [2.45, 2.75) is 41.0 Å². The van der Waals surface area contributed by atoms with Crippen LogP contribution in [0.3, 0.4) is 0 Å². The first kappa shape index (κ1) is 32.0. The Kier molecular flexibility index (Phi) is 55.4. The summed E-state index contributed by atoms with van der Waals surface area (Å²) < 4.78 is 0. The summed E-state index contributed by atoms with van der Waals surface area (Å²) in [6.45, 7) is 22.4. The zero-order chi connectivity index (χ0) is 18.2. The van der Waals surface area contributed by atoms with Gasteiger partial charge >= 0.3 is 0 Å². The van der Waals surface area contributed by atoms with Crippen molar-refractivity contribution >= 4 is 0 Å². The number of aliphatic hydroxyl groups excluding tert-OH is 3. The van der Waals surface area contributed by atoms with E-state index in [1.54, 1.807) is 24.3 Å². The van der Waals surface area contributed by atoms with Gasteiger partial charge in [-0.1, -0.05) is 31.2 Å². The molecule has 128 valence electrons. The van der Waals surface area contributed by atoms with E-state index in [9.17, 15) is 0 Å². The smallest absolute Gasteiger partial charge is 0.0531 e. The van der Waals surface area contributed by atoms with Crippen molar-refractivity contribution in [1.82, 2.24) is 0 Å². The van der Waals surface area contributed by atoms with E-state index >= 15 is 0 Å². The fourth-order valence-electron chi connectivity index (χ4n) is 0.485. The van der Waals surface area contributed by atoms with Gasteiger partial charge in [0.1, 0.15) is 0 Å². The lowest BCUT2D eigenvalue weighted by Crippen LogP contribution is -2.32. The Morgan fingerprint density at radius 2 is 0.810 bits per heavy atom. The fourth-order valence-corrected chi connectivity index (χ4v) is 0.485. The van der Waals surface area contributed by atoms with Gasteiger partial charge in [-0.25, -0.2) is 0 Å². The first-order valence-electron chi connectivity index (χ1n) is 7.01. The van der Waals surface area contributed by atoms with Crippen molar-refractivity contribution in [2.24, 2.45) is 5.41 Å². The molecule has 0 heterocycles. The van der Waals surface area contributed by atoms with Crippen LogP contribution < -0.4 is 0 Å². The molecule has 0 aliphatic carbocycles. The zero-order valence-electron chi connectivity index (χ0n) is 14.8. The summed E-state index contributed by atoms with van der Waals surface area (Å²) in [4.78, 5) is 0. The maximum Gasteiger partial charge on any atom is 0.0531 e. The molecule has 0 atom stereocenters. The van der Waals surface area contributed by atoms with Crippen LogP contribution in [0.5, 0.6) is 0 Å². The van der Waals surface area contributed by atoms with Gasteiger partial charge in [0.25, 0.3) is 0 Å². The Morgan fingerprint density at radius 1 is 0.667 bits per heavy atom. The SMILES string of the molecule is C=CC.C=CC.C=CC.C=CC.CCC(CO)(CO)CO. The highest BCUT2D eigenvalue weighted by atomic mass is 16.3. The Labute approximate surface area is 133 Å². The zero-order valence-corrected chi connectivity index (χ0v) is 14.8. The lowest BCUT2D eigenvalue weighted by molar-refractivity contribution is 0.00304. The lowest BCUT2D eigenvalue weighted by atomic mass is 9.88. The largest absolute Gasteiger partial charge is 0.396 e. The van der Waals surface area contributed by atoms with E-state index in [1.165, 1.54) is 0 Å². The molecular formula is C18H38O3. The molecule has 0 spiro atoms. The van der Waals surface area contributed by atoms with E-state index in [-0.39, 0.29) is 19.8 Å². The summed E-state index contributed by atoms with van der Waals surface area (Å²) in [5, 5.41) is 26.0. The van der Waals surface area contributed by atoms with Crippen LogP contribution in [0.15, 0.2) is 50.6 Å². The van der Waals surface area contributed by atoms with Gasteiger partial charge in [0, 0.05) is 5.41 Å². The van der Waals surface area contributed by atoms with Crippen molar-refractivity contribution in [2.75, 3.05) is 19.8 Å². The highest BCUT2D eigenvalue weighted by molar-refractivity contribution is 4.74. The molecule has 0 fully saturated rings. The molecule has 3 nitrogen and oxygen atoms in total. The minimum atomic E-state index is -0.667. The quantitative estimate of drug-likeness (QED) is 0.684. The van der Waals surface area contributed by atoms with Crippen molar-refractivity contribution < 1.29 is 15.3 Å². The van der Waals surface area contributed by atoms with Gasteiger partial charge in [0.05, 0.1) is 19.8 Å². The van der Waals surface area contributed by atoms with Crippen LogP contribution in [-0.2, 0) is 0 Å². The van der Waals surface area contributed by atoms with E-state index in [0.717, 1.165) is 0 Å². The Balaban J connectivity index is -0.0000000593. The van der Waals surface area contributed by atoms with Gasteiger partial charge in [-0.3, -0.25) is 0 Å². The van der Waals surface area contributed by atoms with Crippen molar-refractivity contribution in [3.8, 4) is 0 Å². The molecule has 0 aromatic heterocycles. The van der Waals surface area contributed by atoms with E-state index in [1.807, 2.05) is 34.6 Å². The van der Waals surface area contributed by atoms with Gasteiger partial charge < -0.3 is 15.3 Å². The first-order valence-corrected chi connectivity index (χ1v) is 7.01. The second kappa shape index (κ2) is 36.4. The summed E-state index contributed by atoms with van der Waals surface area (Å²) in [7, 11) is 0. The molecule has 0 radical (unpaired) electrons. The summed E-state index contributed by atoms with van der Waals surface area (Å²) in [6.07, 6.45) is 7.59. The minimum Gasteiger partial charge on any atom is -0.396 e. The fraction of sp³-hybridized carbons (Fsp3) is 0.556. The second-order valence-corrected chi connectivity index (χ2v) is 3.96. The Morgan fingerprint density at radius 3 is 0.810 bits per heavy atom. The number of hydrogen-bond acceptors (Lipinski definition) is 3. The van der Waals surface area contributed by atoms with Crippen LogP contribution in [0.4, 0.5) is 0 Å². The molecular weight excluding hydrogens is 264 g/mol. The average Bonchev–Trinajstić information content (AvgIpc) is 2.45. The first-order chi connectivity index (χ1) is 9.90. The molecule has 3 N–H and O–H groups in total. The van der Waals surface area contributed by atoms with E-state index in [2.05, 4.69) is 26.3 Å². The summed E-state index contributed by atoms with van der Waals surface area (Å²) >= 11 is 0. The van der Waals surface area contributed by atoms with Crippen LogP contribution in [-0.4, -0.2) is 35.1 Å². The third-order valence-corrected chi connectivity index (χ3v) is 1.76. The average molecular weight is 302 g/mol. The molecule has 0 aliphatic rings. The monoisotopic (exact) mass is 302 g/mol. The van der Waals surface area contributed by atoms with E-state index in [4.69, 9.17) is 15.3 Å². The van der Waals surface area contributed by atoms with Crippen LogP contribution >= 0.6 is 0 Å². The molecule has 0 saturated heterocycles. The highest BCUT2D eigenvalue weighted by Crippen LogP contribution is 2.18. The number of allylic oxidation sites excluding steroid dienone is 4. The normalized spacial score (nSPS) is 7.62. The molecule has 0 unspecified atom stereocenters.